The molecular weight excluding hydrogens is 304 g/mol. The molecule has 0 unspecified atom stereocenters. The molecule has 0 radical (unpaired) electrons. The Kier molecular flexibility index (Phi) is 3.67. The Labute approximate surface area is 139 Å². The second-order valence-corrected chi connectivity index (χ2v) is 5.95. The number of nitrogens with one attached hydrogen (secondary N) is 1. The summed E-state index contributed by atoms with van der Waals surface area (Å²) in [6.45, 7) is 2.09. The topological polar surface area (TPSA) is 80.2 Å². The van der Waals surface area contributed by atoms with Gasteiger partial charge in [-0.15, -0.1) is 0 Å². The third-order valence-corrected chi connectivity index (χ3v) is 4.54. The molecule has 1 fully saturated rings. The molecule has 0 bridgehead atoms. The van der Waals surface area contributed by atoms with Crippen LogP contribution in [0.1, 0.15) is 24.4 Å². The van der Waals surface area contributed by atoms with Crippen LogP contribution in [0.3, 0.4) is 0 Å². The zero-order chi connectivity index (χ0) is 16.5. The molecule has 3 aromatic heterocycles. The van der Waals surface area contributed by atoms with E-state index in [1.54, 1.807) is 17.8 Å². The van der Waals surface area contributed by atoms with Gasteiger partial charge in [0.1, 0.15) is 22.9 Å². The van der Waals surface area contributed by atoms with Crippen LogP contribution in [0.2, 0.25) is 0 Å². The van der Waals surface area contributed by atoms with Crippen LogP contribution >= 0.6 is 0 Å². The first-order chi connectivity index (χ1) is 11.8. The van der Waals surface area contributed by atoms with Gasteiger partial charge in [-0.05, 0) is 32.0 Å². The molecule has 0 aliphatic carbocycles. The molecule has 7 heteroatoms. The predicted molar refractivity (Wildman–Crippen MR) is 88.8 cm³/mol. The van der Waals surface area contributed by atoms with Gasteiger partial charge >= 0.3 is 0 Å². The van der Waals surface area contributed by atoms with Gasteiger partial charge in [0.05, 0.1) is 25.3 Å². The summed E-state index contributed by atoms with van der Waals surface area (Å²) in [5.41, 5.74) is 2.97. The van der Waals surface area contributed by atoms with E-state index in [2.05, 4.69) is 32.2 Å². The number of nitriles is 1. The van der Waals surface area contributed by atoms with Crippen LogP contribution in [-0.2, 0) is 0 Å². The normalized spacial score (nSPS) is 15.5. The fourth-order valence-electron chi connectivity index (χ4n) is 3.25. The second-order valence-electron chi connectivity index (χ2n) is 5.95. The molecule has 4 heterocycles. The van der Waals surface area contributed by atoms with Crippen molar-refractivity contribution in [2.24, 2.45) is 0 Å². The van der Waals surface area contributed by atoms with Crippen molar-refractivity contribution in [1.82, 2.24) is 24.5 Å². The number of piperidine rings is 1. The Morgan fingerprint density at radius 2 is 2.17 bits per heavy atom. The Balaban J connectivity index is 1.74. The number of pyridine rings is 1. The lowest BCUT2D eigenvalue weighted by atomic mass is 10.1. The smallest absolute Gasteiger partial charge is 0.146 e. The van der Waals surface area contributed by atoms with Gasteiger partial charge in [0, 0.05) is 24.0 Å². The number of fused-ring (bicyclic) bond motifs is 1. The highest BCUT2D eigenvalue weighted by molar-refractivity contribution is 5.74. The molecule has 1 saturated heterocycles. The number of aromatic nitrogens is 4. The summed E-state index contributed by atoms with van der Waals surface area (Å²) in [7, 11) is 1.60. The molecule has 1 aliphatic rings. The van der Waals surface area contributed by atoms with Crippen molar-refractivity contribution in [1.29, 1.82) is 5.26 Å². The van der Waals surface area contributed by atoms with Crippen molar-refractivity contribution in [3.05, 3.63) is 36.5 Å². The highest BCUT2D eigenvalue weighted by atomic mass is 16.5. The minimum Gasteiger partial charge on any atom is -0.494 e. The summed E-state index contributed by atoms with van der Waals surface area (Å²) in [6, 6.07) is 4.55. The fourth-order valence-corrected chi connectivity index (χ4v) is 3.25. The predicted octanol–water partition coefficient (Wildman–Crippen LogP) is 2.00. The van der Waals surface area contributed by atoms with Crippen molar-refractivity contribution in [2.75, 3.05) is 20.2 Å². The maximum Gasteiger partial charge on any atom is 0.146 e. The van der Waals surface area contributed by atoms with Gasteiger partial charge in [0.15, 0.2) is 0 Å². The van der Waals surface area contributed by atoms with Gasteiger partial charge < -0.3 is 14.6 Å². The van der Waals surface area contributed by atoms with E-state index in [-0.39, 0.29) is 0 Å². The zero-order valence-electron chi connectivity index (χ0n) is 13.4. The van der Waals surface area contributed by atoms with E-state index in [4.69, 9.17) is 4.74 Å². The monoisotopic (exact) mass is 322 g/mol. The quantitative estimate of drug-likeness (QED) is 0.798. The van der Waals surface area contributed by atoms with Crippen molar-refractivity contribution in [3.63, 3.8) is 0 Å². The van der Waals surface area contributed by atoms with E-state index >= 15 is 0 Å². The van der Waals surface area contributed by atoms with Crippen LogP contribution < -0.4 is 10.1 Å². The molecule has 0 amide bonds. The number of hydrogen-bond acceptors (Lipinski definition) is 5. The van der Waals surface area contributed by atoms with Gasteiger partial charge in [-0.25, -0.2) is 9.50 Å². The van der Waals surface area contributed by atoms with Gasteiger partial charge in [-0.3, -0.25) is 0 Å². The second kappa shape index (κ2) is 5.98. The summed E-state index contributed by atoms with van der Waals surface area (Å²) < 4.78 is 9.33. The highest BCUT2D eigenvalue weighted by Gasteiger charge is 2.17. The molecule has 1 N–H and O–H groups in total. The summed E-state index contributed by atoms with van der Waals surface area (Å²) in [4.78, 5) is 4.55. The lowest BCUT2D eigenvalue weighted by molar-refractivity contribution is 0.368. The number of hydrogen-bond donors (Lipinski definition) is 1. The van der Waals surface area contributed by atoms with Crippen LogP contribution in [0.25, 0.3) is 16.8 Å². The van der Waals surface area contributed by atoms with Crippen LogP contribution in [0.4, 0.5) is 0 Å². The standard InChI is InChI=1S/C17H18N6O/c1-24-16-6-12(9-23-17(16)13(7-18)8-21-23)15-10-22(11-20-15)14-2-4-19-5-3-14/h6,8-11,14,19H,2-5H2,1H3. The molecule has 0 atom stereocenters. The summed E-state index contributed by atoms with van der Waals surface area (Å²) in [5.74, 6) is 0.623. The summed E-state index contributed by atoms with van der Waals surface area (Å²) in [5, 5.41) is 16.8. The molecule has 122 valence electrons. The van der Waals surface area contributed by atoms with Gasteiger partial charge in [-0.2, -0.15) is 10.4 Å². The van der Waals surface area contributed by atoms with Crippen LogP contribution in [-0.4, -0.2) is 39.4 Å². The molecule has 3 aromatic rings. The minimum absolute atomic E-state index is 0.494. The molecule has 0 saturated carbocycles. The molecule has 4 rings (SSSR count). The molecule has 0 aromatic carbocycles. The lowest BCUT2D eigenvalue weighted by Gasteiger charge is -2.23. The van der Waals surface area contributed by atoms with E-state index in [1.807, 2.05) is 18.6 Å². The highest BCUT2D eigenvalue weighted by Crippen LogP contribution is 2.30. The van der Waals surface area contributed by atoms with E-state index in [0.29, 0.717) is 22.9 Å². The molecular formula is C17H18N6O. The number of methoxy groups -OCH3 is 1. The zero-order valence-corrected chi connectivity index (χ0v) is 13.4. The van der Waals surface area contributed by atoms with Crippen LogP contribution in [0.5, 0.6) is 5.75 Å². The van der Waals surface area contributed by atoms with E-state index in [0.717, 1.165) is 37.2 Å². The summed E-state index contributed by atoms with van der Waals surface area (Å²) in [6.07, 6.45) is 9.63. The van der Waals surface area contributed by atoms with E-state index < -0.39 is 0 Å². The first-order valence-electron chi connectivity index (χ1n) is 8.00. The fraction of sp³-hybridized carbons (Fsp3) is 0.353. The maximum atomic E-state index is 9.20. The third kappa shape index (κ3) is 2.41. The lowest BCUT2D eigenvalue weighted by Crippen LogP contribution is -2.28. The Morgan fingerprint density at radius 1 is 1.33 bits per heavy atom. The Morgan fingerprint density at radius 3 is 2.92 bits per heavy atom. The molecule has 24 heavy (non-hydrogen) atoms. The average molecular weight is 322 g/mol. The van der Waals surface area contributed by atoms with Crippen molar-refractivity contribution in [3.8, 4) is 23.1 Å². The van der Waals surface area contributed by atoms with Gasteiger partial charge in [0.25, 0.3) is 0 Å². The minimum atomic E-state index is 0.494. The van der Waals surface area contributed by atoms with Crippen LogP contribution in [0, 0.1) is 11.3 Å². The van der Waals surface area contributed by atoms with Crippen molar-refractivity contribution in [2.45, 2.75) is 18.9 Å². The van der Waals surface area contributed by atoms with E-state index in [1.165, 1.54) is 0 Å². The first kappa shape index (κ1) is 14.7. The average Bonchev–Trinajstić information content (AvgIpc) is 3.28. The summed E-state index contributed by atoms with van der Waals surface area (Å²) >= 11 is 0. The number of imidazole rings is 1. The van der Waals surface area contributed by atoms with Gasteiger partial charge in [-0.1, -0.05) is 0 Å². The number of ether oxygens (including phenoxy) is 1. The largest absolute Gasteiger partial charge is 0.494 e. The Hall–Kier alpha value is -2.85. The molecule has 1 aliphatic heterocycles. The SMILES string of the molecule is COc1cc(-c2cn(C3CCNCC3)cn2)cn2ncc(C#N)c12. The van der Waals surface area contributed by atoms with Crippen LogP contribution in [0.15, 0.2) is 31.0 Å². The van der Waals surface area contributed by atoms with E-state index in [9.17, 15) is 5.26 Å². The maximum absolute atomic E-state index is 9.20. The van der Waals surface area contributed by atoms with Gasteiger partial charge in [0.2, 0.25) is 0 Å². The van der Waals surface area contributed by atoms with Crippen molar-refractivity contribution >= 4 is 5.52 Å². The molecule has 0 spiro atoms. The first-order valence-corrected chi connectivity index (χ1v) is 8.00. The number of nitrogens with zero attached hydrogens (tertiary/aromatic N) is 5. The Bertz CT molecular complexity index is 913. The van der Waals surface area contributed by atoms with Crippen molar-refractivity contribution < 1.29 is 4.74 Å². The molecule has 7 nitrogen and oxygen atoms in total. The number of rotatable bonds is 3. The third-order valence-electron chi connectivity index (χ3n) is 4.54.